The Morgan fingerprint density at radius 2 is 1.94 bits per heavy atom. The van der Waals surface area contributed by atoms with E-state index in [-0.39, 0.29) is 17.9 Å². The molecule has 1 fully saturated rings. The van der Waals surface area contributed by atoms with Gasteiger partial charge in [-0.2, -0.15) is 13.2 Å². The van der Waals surface area contributed by atoms with E-state index < -0.39 is 18.6 Å². The van der Waals surface area contributed by atoms with Gasteiger partial charge in [0.25, 0.3) is 5.91 Å². The molecule has 2 aromatic heterocycles. The summed E-state index contributed by atoms with van der Waals surface area (Å²) in [4.78, 5) is 20.4. The molecule has 0 saturated carbocycles. The molecular weight excluding hydrogens is 437 g/mol. The number of benzene rings is 1. The van der Waals surface area contributed by atoms with Crippen LogP contribution in [0.1, 0.15) is 15.9 Å². The minimum absolute atomic E-state index is 0.00795. The number of halogens is 3. The SMILES string of the molecule is COc1cc(-c2cnc3cc(N4CCOCC4)ccn23)cc2c1C(=O)N(CC(F)(F)F)CC2. The van der Waals surface area contributed by atoms with Crippen LogP contribution in [0.25, 0.3) is 16.9 Å². The van der Waals surface area contributed by atoms with Crippen molar-refractivity contribution in [2.75, 3.05) is 51.4 Å². The van der Waals surface area contributed by atoms with E-state index in [1.54, 1.807) is 12.3 Å². The monoisotopic (exact) mass is 460 g/mol. The predicted molar refractivity (Wildman–Crippen MR) is 116 cm³/mol. The van der Waals surface area contributed by atoms with Crippen molar-refractivity contribution in [3.05, 3.63) is 47.8 Å². The molecule has 1 amide bonds. The molecule has 0 spiro atoms. The number of aromatic nitrogens is 2. The molecule has 0 radical (unpaired) electrons. The zero-order valence-electron chi connectivity index (χ0n) is 18.1. The zero-order valence-corrected chi connectivity index (χ0v) is 18.1. The normalized spacial score (nSPS) is 16.9. The van der Waals surface area contributed by atoms with Crippen LogP contribution in [-0.4, -0.2) is 72.9 Å². The van der Waals surface area contributed by atoms with Crippen molar-refractivity contribution in [2.24, 2.45) is 0 Å². The van der Waals surface area contributed by atoms with E-state index in [0.717, 1.165) is 40.6 Å². The molecule has 0 N–H and O–H groups in total. The first-order valence-electron chi connectivity index (χ1n) is 10.7. The van der Waals surface area contributed by atoms with Crippen molar-refractivity contribution >= 4 is 17.2 Å². The number of anilines is 1. The Morgan fingerprint density at radius 1 is 1.15 bits per heavy atom. The van der Waals surface area contributed by atoms with Gasteiger partial charge in [0.2, 0.25) is 0 Å². The van der Waals surface area contributed by atoms with Crippen LogP contribution in [0.15, 0.2) is 36.7 Å². The third-order valence-corrected chi connectivity index (χ3v) is 6.09. The third-order valence-electron chi connectivity index (χ3n) is 6.09. The summed E-state index contributed by atoms with van der Waals surface area (Å²) in [6.07, 6.45) is -0.430. The van der Waals surface area contributed by atoms with Gasteiger partial charge in [0.15, 0.2) is 0 Å². The summed E-state index contributed by atoms with van der Waals surface area (Å²) in [7, 11) is 1.42. The molecular formula is C23H23F3N4O3. The van der Waals surface area contributed by atoms with Gasteiger partial charge in [-0.25, -0.2) is 4.98 Å². The maximum absolute atomic E-state index is 12.9. The third kappa shape index (κ3) is 4.10. The Hall–Kier alpha value is -3.27. The van der Waals surface area contributed by atoms with Crippen molar-refractivity contribution in [3.8, 4) is 17.0 Å². The van der Waals surface area contributed by atoms with E-state index in [0.29, 0.717) is 25.2 Å². The van der Waals surface area contributed by atoms with Crippen LogP contribution in [-0.2, 0) is 11.2 Å². The van der Waals surface area contributed by atoms with E-state index in [4.69, 9.17) is 9.47 Å². The Balaban J connectivity index is 1.50. The Kier molecular flexibility index (Phi) is 5.40. The first-order chi connectivity index (χ1) is 15.8. The number of morpholine rings is 1. The van der Waals surface area contributed by atoms with E-state index in [9.17, 15) is 18.0 Å². The fourth-order valence-electron chi connectivity index (χ4n) is 4.51. The second-order valence-electron chi connectivity index (χ2n) is 8.16. The Labute approximate surface area is 188 Å². The minimum atomic E-state index is -4.45. The molecule has 1 aromatic carbocycles. The smallest absolute Gasteiger partial charge is 0.406 e. The topological polar surface area (TPSA) is 59.3 Å². The average Bonchev–Trinajstić information content (AvgIpc) is 3.23. The number of fused-ring (bicyclic) bond motifs is 2. The predicted octanol–water partition coefficient (Wildman–Crippen LogP) is 3.41. The lowest BCUT2D eigenvalue weighted by molar-refractivity contribution is -0.141. The van der Waals surface area contributed by atoms with Gasteiger partial charge in [-0.05, 0) is 30.2 Å². The summed E-state index contributed by atoms with van der Waals surface area (Å²) in [5.41, 5.74) is 4.31. The molecule has 1 saturated heterocycles. The number of alkyl halides is 3. The molecule has 0 bridgehead atoms. The number of hydrogen-bond acceptors (Lipinski definition) is 5. The van der Waals surface area contributed by atoms with Gasteiger partial charge in [0.05, 0.1) is 37.8 Å². The zero-order chi connectivity index (χ0) is 23.2. The van der Waals surface area contributed by atoms with Crippen molar-refractivity contribution in [1.29, 1.82) is 0 Å². The van der Waals surface area contributed by atoms with Gasteiger partial charge < -0.3 is 19.3 Å². The van der Waals surface area contributed by atoms with Crippen molar-refractivity contribution in [2.45, 2.75) is 12.6 Å². The van der Waals surface area contributed by atoms with Crippen LogP contribution in [0.2, 0.25) is 0 Å². The van der Waals surface area contributed by atoms with Crippen molar-refractivity contribution < 1.29 is 27.4 Å². The number of amides is 1. The van der Waals surface area contributed by atoms with E-state index >= 15 is 0 Å². The quantitative estimate of drug-likeness (QED) is 0.597. The maximum Gasteiger partial charge on any atom is 0.406 e. The number of carbonyl (C=O) groups excluding carboxylic acids is 1. The average molecular weight is 460 g/mol. The van der Waals surface area contributed by atoms with Crippen LogP contribution < -0.4 is 9.64 Å². The van der Waals surface area contributed by atoms with Crippen LogP contribution >= 0.6 is 0 Å². The number of ether oxygens (including phenoxy) is 2. The largest absolute Gasteiger partial charge is 0.496 e. The molecule has 33 heavy (non-hydrogen) atoms. The summed E-state index contributed by atoms with van der Waals surface area (Å²) in [6.45, 7) is 1.77. The number of methoxy groups -OCH3 is 1. The Bertz CT molecular complexity index is 1180. The molecule has 4 heterocycles. The minimum Gasteiger partial charge on any atom is -0.496 e. The fraction of sp³-hybridized carbons (Fsp3) is 0.391. The van der Waals surface area contributed by atoms with Gasteiger partial charge in [-0.3, -0.25) is 9.20 Å². The number of imidazole rings is 1. The number of carbonyl (C=O) groups is 1. The highest BCUT2D eigenvalue weighted by molar-refractivity contribution is 6.00. The maximum atomic E-state index is 12.9. The van der Waals surface area contributed by atoms with Gasteiger partial charge in [0, 0.05) is 43.1 Å². The lowest BCUT2D eigenvalue weighted by Crippen LogP contribution is -2.43. The molecule has 174 valence electrons. The highest BCUT2D eigenvalue weighted by atomic mass is 19.4. The first kappa shape index (κ1) is 21.6. The van der Waals surface area contributed by atoms with Crippen LogP contribution in [0.4, 0.5) is 18.9 Å². The van der Waals surface area contributed by atoms with Crippen molar-refractivity contribution in [1.82, 2.24) is 14.3 Å². The lowest BCUT2D eigenvalue weighted by atomic mass is 9.94. The van der Waals surface area contributed by atoms with E-state index in [1.807, 2.05) is 28.8 Å². The molecule has 7 nitrogen and oxygen atoms in total. The summed E-state index contributed by atoms with van der Waals surface area (Å²) in [5, 5.41) is 0. The first-order valence-corrected chi connectivity index (χ1v) is 10.7. The molecule has 5 rings (SSSR count). The van der Waals surface area contributed by atoms with E-state index in [1.165, 1.54) is 7.11 Å². The molecule has 0 atom stereocenters. The van der Waals surface area contributed by atoms with E-state index in [2.05, 4.69) is 9.88 Å². The number of rotatable bonds is 4. The van der Waals surface area contributed by atoms with Gasteiger partial charge in [0.1, 0.15) is 17.9 Å². The molecule has 2 aliphatic rings. The van der Waals surface area contributed by atoms with Gasteiger partial charge in [-0.1, -0.05) is 0 Å². The summed E-state index contributed by atoms with van der Waals surface area (Å²) < 4.78 is 51.4. The second-order valence-corrected chi connectivity index (χ2v) is 8.16. The summed E-state index contributed by atoms with van der Waals surface area (Å²) in [6, 6.07) is 7.58. The van der Waals surface area contributed by atoms with Crippen LogP contribution in [0.5, 0.6) is 5.75 Å². The standard InChI is InChI=1S/C23H23F3N4O3/c1-32-19-11-16(10-15-2-4-29(14-23(24,25)26)22(31)21(15)19)18-13-27-20-12-17(3-5-30(18)20)28-6-8-33-9-7-28/h3,5,10-13H,2,4,6-9,14H2,1H3. The number of hydrogen-bond donors (Lipinski definition) is 0. The van der Waals surface area contributed by atoms with Crippen LogP contribution in [0.3, 0.4) is 0 Å². The highest BCUT2D eigenvalue weighted by Crippen LogP contribution is 2.35. The highest BCUT2D eigenvalue weighted by Gasteiger charge is 2.37. The number of nitrogens with zero attached hydrogens (tertiary/aromatic N) is 4. The lowest BCUT2D eigenvalue weighted by Gasteiger charge is -2.30. The molecule has 2 aliphatic heterocycles. The second kappa shape index (κ2) is 8.26. The fourth-order valence-corrected chi connectivity index (χ4v) is 4.51. The molecule has 3 aromatic rings. The summed E-state index contributed by atoms with van der Waals surface area (Å²) in [5.74, 6) is -0.399. The molecule has 0 aliphatic carbocycles. The van der Waals surface area contributed by atoms with Gasteiger partial charge >= 0.3 is 6.18 Å². The summed E-state index contributed by atoms with van der Waals surface area (Å²) >= 11 is 0. The molecule has 10 heteroatoms. The van der Waals surface area contributed by atoms with Crippen molar-refractivity contribution in [3.63, 3.8) is 0 Å². The number of pyridine rings is 1. The van der Waals surface area contributed by atoms with Crippen LogP contribution in [0, 0.1) is 0 Å². The van der Waals surface area contributed by atoms with Gasteiger partial charge in [-0.15, -0.1) is 0 Å². The molecule has 0 unspecified atom stereocenters. The Morgan fingerprint density at radius 3 is 2.67 bits per heavy atom.